The smallest absolute Gasteiger partial charge is 0.435 e. The molecule has 4 rings (SSSR count). The SMILES string of the molecule is CCOC(=O)C1CCC(CC(=O)N2CCc3c(C(F)(F)F)nn(Cc4cccnc4)c3C2)CC1. The Balaban J connectivity index is 1.43. The average Bonchev–Trinajstić information content (AvgIpc) is 3.18. The maximum atomic E-state index is 13.6. The summed E-state index contributed by atoms with van der Waals surface area (Å²) >= 11 is 0. The number of pyridine rings is 1. The van der Waals surface area contributed by atoms with Crippen LogP contribution in [0, 0.1) is 11.8 Å². The zero-order valence-electron chi connectivity index (χ0n) is 19.2. The Hall–Kier alpha value is -2.91. The molecule has 2 aromatic rings. The minimum absolute atomic E-state index is 0.0621. The second-order valence-electron chi connectivity index (χ2n) is 9.03. The number of ether oxygens (including phenoxy) is 1. The summed E-state index contributed by atoms with van der Waals surface area (Å²) in [5, 5.41) is 3.89. The predicted octanol–water partition coefficient (Wildman–Crippen LogP) is 3.99. The Labute approximate surface area is 196 Å². The second kappa shape index (κ2) is 10.1. The second-order valence-corrected chi connectivity index (χ2v) is 9.03. The van der Waals surface area contributed by atoms with Crippen LogP contribution in [0.15, 0.2) is 24.5 Å². The van der Waals surface area contributed by atoms with Gasteiger partial charge in [0, 0.05) is 30.9 Å². The van der Waals surface area contributed by atoms with Crippen molar-refractivity contribution in [2.24, 2.45) is 11.8 Å². The molecule has 184 valence electrons. The van der Waals surface area contributed by atoms with Gasteiger partial charge in [-0.3, -0.25) is 19.3 Å². The fraction of sp³-hybridized carbons (Fsp3) is 0.583. The van der Waals surface area contributed by atoms with E-state index in [0.717, 1.165) is 18.4 Å². The highest BCUT2D eigenvalue weighted by Gasteiger charge is 2.41. The first-order valence-corrected chi connectivity index (χ1v) is 11.7. The molecule has 1 aliphatic heterocycles. The summed E-state index contributed by atoms with van der Waals surface area (Å²) in [4.78, 5) is 30.6. The average molecular weight is 479 g/mol. The molecule has 0 radical (unpaired) electrons. The molecule has 1 saturated carbocycles. The third kappa shape index (κ3) is 5.42. The van der Waals surface area contributed by atoms with Crippen LogP contribution in [0.2, 0.25) is 0 Å². The predicted molar refractivity (Wildman–Crippen MR) is 116 cm³/mol. The number of aromatic nitrogens is 3. The summed E-state index contributed by atoms with van der Waals surface area (Å²) in [7, 11) is 0. The summed E-state index contributed by atoms with van der Waals surface area (Å²) in [6.07, 6.45) is 2.06. The Bertz CT molecular complexity index is 1010. The van der Waals surface area contributed by atoms with Gasteiger partial charge in [0.15, 0.2) is 5.69 Å². The van der Waals surface area contributed by atoms with E-state index in [-0.39, 0.29) is 55.3 Å². The number of hydrogen-bond acceptors (Lipinski definition) is 5. The van der Waals surface area contributed by atoms with Crippen molar-refractivity contribution in [1.82, 2.24) is 19.7 Å². The van der Waals surface area contributed by atoms with Crippen LogP contribution in [0.4, 0.5) is 13.2 Å². The first-order valence-electron chi connectivity index (χ1n) is 11.7. The zero-order chi connectivity index (χ0) is 24.3. The minimum atomic E-state index is -4.55. The summed E-state index contributed by atoms with van der Waals surface area (Å²) in [6.45, 7) is 2.65. The van der Waals surface area contributed by atoms with E-state index in [0.29, 0.717) is 31.6 Å². The van der Waals surface area contributed by atoms with E-state index in [2.05, 4.69) is 10.1 Å². The lowest BCUT2D eigenvalue weighted by atomic mass is 9.80. The van der Waals surface area contributed by atoms with Crippen LogP contribution in [-0.4, -0.2) is 44.7 Å². The molecular weight excluding hydrogens is 449 g/mol. The number of esters is 1. The van der Waals surface area contributed by atoms with Gasteiger partial charge in [-0.1, -0.05) is 6.07 Å². The van der Waals surface area contributed by atoms with Gasteiger partial charge >= 0.3 is 12.1 Å². The number of carbonyl (C=O) groups excluding carboxylic acids is 2. The quantitative estimate of drug-likeness (QED) is 0.587. The van der Waals surface area contributed by atoms with E-state index in [9.17, 15) is 22.8 Å². The highest BCUT2D eigenvalue weighted by atomic mass is 19.4. The molecule has 0 saturated heterocycles. The number of carbonyl (C=O) groups is 2. The molecule has 2 aliphatic rings. The van der Waals surface area contributed by atoms with Crippen LogP contribution in [-0.2, 0) is 40.0 Å². The van der Waals surface area contributed by atoms with Crippen molar-refractivity contribution in [3.63, 3.8) is 0 Å². The number of alkyl halides is 3. The van der Waals surface area contributed by atoms with Gasteiger partial charge in [-0.05, 0) is 56.6 Å². The van der Waals surface area contributed by atoms with E-state index in [1.165, 1.54) is 4.68 Å². The van der Waals surface area contributed by atoms with Crippen LogP contribution < -0.4 is 0 Å². The third-order valence-electron chi connectivity index (χ3n) is 6.75. The van der Waals surface area contributed by atoms with Crippen LogP contribution in [0.5, 0.6) is 0 Å². The normalized spacial score (nSPS) is 20.6. The van der Waals surface area contributed by atoms with Crippen molar-refractivity contribution in [2.45, 2.75) is 64.7 Å². The molecule has 1 amide bonds. The summed E-state index contributed by atoms with van der Waals surface area (Å²) < 4.78 is 47.3. The monoisotopic (exact) mass is 478 g/mol. The largest absolute Gasteiger partial charge is 0.466 e. The Morgan fingerprint density at radius 3 is 2.62 bits per heavy atom. The standard InChI is InChI=1S/C24H29F3N4O3/c1-2-34-23(33)18-7-5-16(6-8-18)12-21(32)30-11-9-19-20(15-30)31(29-22(19)24(25,26)27)14-17-4-3-10-28-13-17/h3-4,10,13,16,18H,2,5-9,11-12,14-15H2,1H3. The van der Waals surface area contributed by atoms with E-state index < -0.39 is 11.9 Å². The molecule has 0 bridgehead atoms. The maximum absolute atomic E-state index is 13.6. The first kappa shape index (κ1) is 24.2. The van der Waals surface area contributed by atoms with Crippen molar-refractivity contribution in [1.29, 1.82) is 0 Å². The fourth-order valence-corrected chi connectivity index (χ4v) is 4.95. The van der Waals surface area contributed by atoms with E-state index in [1.54, 1.807) is 36.4 Å². The molecule has 0 spiro atoms. The third-order valence-corrected chi connectivity index (χ3v) is 6.75. The van der Waals surface area contributed by atoms with Gasteiger partial charge in [0.2, 0.25) is 5.91 Å². The van der Waals surface area contributed by atoms with Gasteiger partial charge in [-0.25, -0.2) is 0 Å². The topological polar surface area (TPSA) is 77.3 Å². The maximum Gasteiger partial charge on any atom is 0.435 e. The number of fused-ring (bicyclic) bond motifs is 1. The van der Waals surface area contributed by atoms with Crippen LogP contribution in [0.1, 0.15) is 61.5 Å². The molecular formula is C24H29F3N4O3. The molecule has 34 heavy (non-hydrogen) atoms. The van der Waals surface area contributed by atoms with E-state index in [4.69, 9.17) is 4.74 Å². The highest BCUT2D eigenvalue weighted by molar-refractivity contribution is 5.77. The van der Waals surface area contributed by atoms with Crippen molar-refractivity contribution in [3.8, 4) is 0 Å². The number of rotatable bonds is 6. The van der Waals surface area contributed by atoms with Gasteiger partial charge in [-0.15, -0.1) is 0 Å². The molecule has 7 nitrogen and oxygen atoms in total. The van der Waals surface area contributed by atoms with E-state index >= 15 is 0 Å². The lowest BCUT2D eigenvalue weighted by molar-refractivity contribution is -0.149. The van der Waals surface area contributed by atoms with Gasteiger partial charge in [0.1, 0.15) is 0 Å². The van der Waals surface area contributed by atoms with Crippen LogP contribution >= 0.6 is 0 Å². The van der Waals surface area contributed by atoms with E-state index in [1.807, 2.05) is 0 Å². The molecule has 2 aromatic heterocycles. The molecule has 0 unspecified atom stereocenters. The molecule has 1 fully saturated rings. The van der Waals surface area contributed by atoms with Gasteiger partial charge < -0.3 is 9.64 Å². The minimum Gasteiger partial charge on any atom is -0.466 e. The zero-order valence-corrected chi connectivity index (χ0v) is 19.2. The molecule has 3 heterocycles. The highest BCUT2D eigenvalue weighted by Crippen LogP contribution is 2.36. The van der Waals surface area contributed by atoms with Gasteiger partial charge in [0.05, 0.1) is 31.3 Å². The van der Waals surface area contributed by atoms with Crippen molar-refractivity contribution < 1.29 is 27.5 Å². The first-order chi connectivity index (χ1) is 16.3. The molecule has 1 aliphatic carbocycles. The van der Waals surface area contributed by atoms with Crippen molar-refractivity contribution in [3.05, 3.63) is 47.0 Å². The summed E-state index contributed by atoms with van der Waals surface area (Å²) in [5.41, 5.74) is 0.483. The molecule has 10 heteroatoms. The molecule has 0 aromatic carbocycles. The van der Waals surface area contributed by atoms with Gasteiger partial charge in [0.25, 0.3) is 0 Å². The summed E-state index contributed by atoms with van der Waals surface area (Å²) in [5.74, 6) is -0.164. The number of nitrogens with zero attached hydrogens (tertiary/aromatic N) is 4. The lowest BCUT2D eigenvalue weighted by Gasteiger charge is -2.31. The number of amides is 1. The number of halogens is 3. The molecule has 0 atom stereocenters. The summed E-state index contributed by atoms with van der Waals surface area (Å²) in [6, 6.07) is 3.51. The van der Waals surface area contributed by atoms with Crippen molar-refractivity contribution in [2.75, 3.05) is 13.2 Å². The van der Waals surface area contributed by atoms with Crippen LogP contribution in [0.25, 0.3) is 0 Å². The van der Waals surface area contributed by atoms with Crippen molar-refractivity contribution >= 4 is 11.9 Å². The molecule has 0 N–H and O–H groups in total. The fourth-order valence-electron chi connectivity index (χ4n) is 4.95. The Morgan fingerprint density at radius 1 is 1.21 bits per heavy atom. The van der Waals surface area contributed by atoms with Crippen LogP contribution in [0.3, 0.4) is 0 Å². The number of hydrogen-bond donors (Lipinski definition) is 0. The van der Waals surface area contributed by atoms with Gasteiger partial charge in [-0.2, -0.15) is 18.3 Å². The Kier molecular flexibility index (Phi) is 7.23. The lowest BCUT2D eigenvalue weighted by Crippen LogP contribution is -2.38. The Morgan fingerprint density at radius 2 is 1.97 bits per heavy atom.